The molecular formula is C13H17N5. The molecule has 1 aliphatic rings. The molecule has 0 bridgehead atoms. The van der Waals surface area contributed by atoms with Gasteiger partial charge in [0.25, 0.3) is 0 Å². The van der Waals surface area contributed by atoms with Crippen LogP contribution >= 0.6 is 0 Å². The number of aryl methyl sites for hydroxylation is 1. The lowest BCUT2D eigenvalue weighted by Gasteiger charge is -2.25. The molecule has 1 saturated heterocycles. The summed E-state index contributed by atoms with van der Waals surface area (Å²) in [5, 5.41) is 4.47. The number of nitrogens with zero attached hydrogens (tertiary/aromatic N) is 4. The van der Waals surface area contributed by atoms with Crippen LogP contribution in [0.3, 0.4) is 0 Å². The van der Waals surface area contributed by atoms with Gasteiger partial charge in [-0.25, -0.2) is 0 Å². The second-order valence-corrected chi connectivity index (χ2v) is 4.72. The summed E-state index contributed by atoms with van der Waals surface area (Å²) < 4.78 is 1.77. The van der Waals surface area contributed by atoms with Crippen molar-refractivity contribution < 1.29 is 0 Å². The minimum absolute atomic E-state index is 0.343. The first kappa shape index (κ1) is 11.1. The first-order chi connectivity index (χ1) is 8.75. The molecule has 1 unspecified atom stereocenters. The summed E-state index contributed by atoms with van der Waals surface area (Å²) >= 11 is 0. The zero-order valence-electron chi connectivity index (χ0n) is 10.5. The number of pyridine rings is 1. The lowest BCUT2D eigenvalue weighted by molar-refractivity contribution is 0.690. The fourth-order valence-corrected chi connectivity index (χ4v) is 2.66. The van der Waals surface area contributed by atoms with E-state index in [1.807, 2.05) is 25.5 Å². The molecule has 5 nitrogen and oxygen atoms in total. The van der Waals surface area contributed by atoms with Crippen LogP contribution in [0.2, 0.25) is 0 Å². The molecule has 0 aliphatic carbocycles. The largest absolute Gasteiger partial charge is 0.394 e. The molecule has 0 radical (unpaired) electrons. The first-order valence-corrected chi connectivity index (χ1v) is 6.21. The molecule has 1 atom stereocenters. The Kier molecular flexibility index (Phi) is 2.66. The van der Waals surface area contributed by atoms with E-state index in [2.05, 4.69) is 21.0 Å². The standard InChI is InChI=1S/C13H17N5/c1-17-9-11(14)13(16-17)18-7-3-5-12(18)10-4-2-6-15-8-10/h2,4,6,8-9,12H,3,5,7,14H2,1H3. The van der Waals surface area contributed by atoms with Crippen molar-refractivity contribution in [3.8, 4) is 0 Å². The van der Waals surface area contributed by atoms with Crippen molar-refractivity contribution in [2.75, 3.05) is 17.2 Å². The maximum absolute atomic E-state index is 6.02. The highest BCUT2D eigenvalue weighted by Gasteiger charge is 2.29. The molecule has 5 heteroatoms. The normalized spacial score (nSPS) is 19.4. The first-order valence-electron chi connectivity index (χ1n) is 6.21. The van der Waals surface area contributed by atoms with Crippen molar-refractivity contribution in [3.63, 3.8) is 0 Å². The van der Waals surface area contributed by atoms with Crippen LogP contribution in [0.5, 0.6) is 0 Å². The van der Waals surface area contributed by atoms with Gasteiger partial charge in [0.1, 0.15) is 0 Å². The Morgan fingerprint density at radius 1 is 1.44 bits per heavy atom. The Morgan fingerprint density at radius 2 is 2.33 bits per heavy atom. The predicted octanol–water partition coefficient (Wildman–Crippen LogP) is 1.74. The summed E-state index contributed by atoms with van der Waals surface area (Å²) in [7, 11) is 1.90. The van der Waals surface area contributed by atoms with E-state index in [0.717, 1.165) is 30.9 Å². The third-order valence-electron chi connectivity index (χ3n) is 3.43. The number of hydrogen-bond acceptors (Lipinski definition) is 4. The highest BCUT2D eigenvalue weighted by atomic mass is 15.4. The number of nitrogens with two attached hydrogens (primary N) is 1. The van der Waals surface area contributed by atoms with Gasteiger partial charge in [0.05, 0.1) is 11.7 Å². The van der Waals surface area contributed by atoms with Crippen LogP contribution in [-0.4, -0.2) is 21.3 Å². The molecular weight excluding hydrogens is 226 g/mol. The van der Waals surface area contributed by atoms with Crippen molar-refractivity contribution in [2.24, 2.45) is 7.05 Å². The number of nitrogen functional groups attached to an aromatic ring is 1. The lowest BCUT2D eigenvalue weighted by Crippen LogP contribution is -2.24. The Morgan fingerprint density at radius 3 is 3.00 bits per heavy atom. The number of hydrogen-bond donors (Lipinski definition) is 1. The summed E-state index contributed by atoms with van der Waals surface area (Å²) in [6.45, 7) is 1.00. The van der Waals surface area contributed by atoms with E-state index in [9.17, 15) is 0 Å². The third kappa shape index (κ3) is 1.81. The van der Waals surface area contributed by atoms with E-state index in [4.69, 9.17) is 5.73 Å². The van der Waals surface area contributed by atoms with E-state index in [-0.39, 0.29) is 0 Å². The van der Waals surface area contributed by atoms with Gasteiger partial charge in [-0.2, -0.15) is 5.10 Å². The van der Waals surface area contributed by atoms with Crippen molar-refractivity contribution in [2.45, 2.75) is 18.9 Å². The van der Waals surface area contributed by atoms with Crippen LogP contribution in [0, 0.1) is 0 Å². The van der Waals surface area contributed by atoms with E-state index in [1.165, 1.54) is 5.56 Å². The van der Waals surface area contributed by atoms with Gasteiger partial charge in [0, 0.05) is 32.2 Å². The third-order valence-corrected chi connectivity index (χ3v) is 3.43. The molecule has 0 saturated carbocycles. The van der Waals surface area contributed by atoms with Gasteiger partial charge < -0.3 is 10.6 Å². The predicted molar refractivity (Wildman–Crippen MR) is 71.2 cm³/mol. The number of rotatable bonds is 2. The lowest BCUT2D eigenvalue weighted by atomic mass is 10.1. The Labute approximate surface area is 106 Å². The van der Waals surface area contributed by atoms with Crippen LogP contribution < -0.4 is 10.6 Å². The smallest absolute Gasteiger partial charge is 0.174 e. The van der Waals surface area contributed by atoms with Crippen LogP contribution in [0.4, 0.5) is 11.5 Å². The van der Waals surface area contributed by atoms with Crippen molar-refractivity contribution in [1.82, 2.24) is 14.8 Å². The van der Waals surface area contributed by atoms with Crippen LogP contribution in [0.15, 0.2) is 30.7 Å². The molecule has 3 rings (SSSR count). The molecule has 0 spiro atoms. The zero-order valence-corrected chi connectivity index (χ0v) is 10.5. The average Bonchev–Trinajstić information content (AvgIpc) is 2.96. The molecule has 0 aromatic carbocycles. The quantitative estimate of drug-likeness (QED) is 0.872. The minimum atomic E-state index is 0.343. The molecule has 2 aromatic heterocycles. The average molecular weight is 243 g/mol. The van der Waals surface area contributed by atoms with Crippen LogP contribution in [0.25, 0.3) is 0 Å². The summed E-state index contributed by atoms with van der Waals surface area (Å²) in [5.74, 6) is 0.892. The van der Waals surface area contributed by atoms with Gasteiger partial charge in [-0.1, -0.05) is 6.07 Å². The Balaban J connectivity index is 1.95. The van der Waals surface area contributed by atoms with E-state index in [1.54, 1.807) is 10.9 Å². The minimum Gasteiger partial charge on any atom is -0.394 e. The van der Waals surface area contributed by atoms with Crippen LogP contribution in [0.1, 0.15) is 24.4 Å². The van der Waals surface area contributed by atoms with Crippen molar-refractivity contribution in [3.05, 3.63) is 36.3 Å². The summed E-state index contributed by atoms with van der Waals surface area (Å²) in [6.07, 6.45) is 7.88. The Bertz CT molecular complexity index is 534. The van der Waals surface area contributed by atoms with Gasteiger partial charge >= 0.3 is 0 Å². The van der Waals surface area contributed by atoms with E-state index >= 15 is 0 Å². The highest BCUT2D eigenvalue weighted by Crippen LogP contribution is 2.37. The molecule has 1 fully saturated rings. The van der Waals surface area contributed by atoms with Crippen molar-refractivity contribution >= 4 is 11.5 Å². The SMILES string of the molecule is Cn1cc(N)c(N2CCCC2c2cccnc2)n1. The van der Waals surface area contributed by atoms with Gasteiger partial charge in [-0.05, 0) is 24.5 Å². The van der Waals surface area contributed by atoms with E-state index in [0.29, 0.717) is 6.04 Å². The van der Waals surface area contributed by atoms with Gasteiger partial charge in [0.15, 0.2) is 5.82 Å². The summed E-state index contributed by atoms with van der Waals surface area (Å²) in [6, 6.07) is 4.44. The molecule has 2 aromatic rings. The topological polar surface area (TPSA) is 60.0 Å². The molecule has 0 amide bonds. The summed E-state index contributed by atoms with van der Waals surface area (Å²) in [5.41, 5.74) is 8.00. The number of anilines is 2. The fraction of sp³-hybridized carbons (Fsp3) is 0.385. The summed E-state index contributed by atoms with van der Waals surface area (Å²) in [4.78, 5) is 6.49. The van der Waals surface area contributed by atoms with Gasteiger partial charge in [-0.15, -0.1) is 0 Å². The second kappa shape index (κ2) is 4.33. The molecule has 2 N–H and O–H groups in total. The fourth-order valence-electron chi connectivity index (χ4n) is 2.66. The second-order valence-electron chi connectivity index (χ2n) is 4.72. The van der Waals surface area contributed by atoms with Gasteiger partial charge in [-0.3, -0.25) is 9.67 Å². The molecule has 3 heterocycles. The highest BCUT2D eigenvalue weighted by molar-refractivity contribution is 5.63. The van der Waals surface area contributed by atoms with Gasteiger partial charge in [0.2, 0.25) is 0 Å². The van der Waals surface area contributed by atoms with Crippen LogP contribution in [-0.2, 0) is 7.05 Å². The van der Waals surface area contributed by atoms with E-state index < -0.39 is 0 Å². The number of aromatic nitrogens is 3. The molecule has 18 heavy (non-hydrogen) atoms. The van der Waals surface area contributed by atoms with Crippen molar-refractivity contribution in [1.29, 1.82) is 0 Å². The Hall–Kier alpha value is -2.04. The molecule has 94 valence electrons. The molecule has 1 aliphatic heterocycles. The maximum atomic E-state index is 6.02. The zero-order chi connectivity index (χ0) is 12.5. The monoisotopic (exact) mass is 243 g/mol. The maximum Gasteiger partial charge on any atom is 0.174 e.